The summed E-state index contributed by atoms with van der Waals surface area (Å²) in [5.74, 6) is 0. The van der Waals surface area contributed by atoms with Crippen molar-refractivity contribution in [1.82, 2.24) is 0 Å². The van der Waals surface area contributed by atoms with Gasteiger partial charge in [0.15, 0.2) is 0 Å². The minimum absolute atomic E-state index is 3.26. The van der Waals surface area contributed by atoms with Crippen LogP contribution >= 0.6 is 0 Å². The summed E-state index contributed by atoms with van der Waals surface area (Å²) in [7, 11) is -4.79. The van der Waals surface area contributed by atoms with Crippen LogP contribution in [0.5, 0.6) is 0 Å². The Balaban J connectivity index is 4.06. The summed E-state index contributed by atoms with van der Waals surface area (Å²) in [4.78, 5) is 0. The van der Waals surface area contributed by atoms with Gasteiger partial charge in [-0.15, -0.1) is 0 Å². The van der Waals surface area contributed by atoms with Gasteiger partial charge in [-0.1, -0.05) is 0 Å². The third-order valence-electron chi connectivity index (χ3n) is 0.333. The van der Waals surface area contributed by atoms with E-state index in [1.54, 1.807) is 0 Å². The Kier molecular flexibility index (Phi) is 6.13. The summed E-state index contributed by atoms with van der Waals surface area (Å²) in [6, 6.07) is 0. The Morgan fingerprint density at radius 2 is 1.58 bits per heavy atom. The third kappa shape index (κ3) is 7.63. The van der Waals surface area contributed by atoms with Gasteiger partial charge in [-0.25, -0.2) is 0 Å². The van der Waals surface area contributed by atoms with Gasteiger partial charge in [0, 0.05) is 0 Å². The Morgan fingerprint density at radius 1 is 1.08 bits per heavy atom. The molecule has 12 heavy (non-hydrogen) atoms. The average molecular weight is 422 g/mol. The molecule has 0 spiro atoms. The van der Waals surface area contributed by atoms with Crippen molar-refractivity contribution in [1.29, 1.82) is 0 Å². The van der Waals surface area contributed by atoms with Gasteiger partial charge in [0.05, 0.1) is 0 Å². The van der Waals surface area contributed by atoms with Crippen molar-refractivity contribution < 1.29 is 31.2 Å². The Hall–Kier alpha value is 0.986. The number of hydrogen-bond donors (Lipinski definition) is 2. The molecular formula is H2O9SSb2. The van der Waals surface area contributed by atoms with Crippen molar-refractivity contribution in [3.8, 4) is 0 Å². The van der Waals surface area contributed by atoms with Crippen LogP contribution in [0.15, 0.2) is 0 Å². The van der Waals surface area contributed by atoms with Gasteiger partial charge in [-0.3, -0.25) is 0 Å². The Bertz CT molecular complexity index is 273. The molecule has 2 N–H and O–H groups in total. The zero-order valence-electron chi connectivity index (χ0n) is 5.05. The Morgan fingerprint density at radius 3 is 1.92 bits per heavy atom. The molecule has 0 aliphatic carbocycles. The molecule has 0 amide bonds. The standard InChI is InChI=1S/H2O5S.2H2O.2O.2Sb/c1-5-6(2,3)4;;;;;;/h1H,(H,2,3,4);2*1H2;;;;/q;;;;;2*+2/p-4. The first-order valence-electron chi connectivity index (χ1n) is 1.96. The molecule has 0 rings (SSSR count). The van der Waals surface area contributed by atoms with Gasteiger partial charge in [-0.05, 0) is 0 Å². The summed E-state index contributed by atoms with van der Waals surface area (Å²) in [6.07, 6.45) is 0. The van der Waals surface area contributed by atoms with E-state index in [4.69, 9.17) is 6.77 Å². The molecule has 0 atom stereocenters. The third-order valence-corrected chi connectivity index (χ3v) is 4.41. The van der Waals surface area contributed by atoms with E-state index in [1.165, 1.54) is 0 Å². The second kappa shape index (κ2) is 5.66. The molecule has 0 fully saturated rings. The Labute approximate surface area is 83.1 Å². The number of hydrogen-bond acceptors (Lipinski definition) is 7. The minimum atomic E-state index is -4.79. The fraction of sp³-hybridized carbons (Fsp3) is 0. The maximum atomic E-state index is 10.2. The van der Waals surface area contributed by atoms with Gasteiger partial charge >= 0.3 is 83.7 Å². The van der Waals surface area contributed by atoms with Crippen LogP contribution in [0.2, 0.25) is 0 Å². The van der Waals surface area contributed by atoms with E-state index in [1.807, 2.05) is 0 Å². The van der Waals surface area contributed by atoms with Crippen molar-refractivity contribution in [2.75, 3.05) is 0 Å². The first kappa shape index (κ1) is 13.0. The van der Waals surface area contributed by atoms with Gasteiger partial charge in [0.1, 0.15) is 0 Å². The van der Waals surface area contributed by atoms with Gasteiger partial charge < -0.3 is 0 Å². The van der Waals surface area contributed by atoms with E-state index >= 15 is 0 Å². The molecule has 0 aliphatic rings. The zero-order chi connectivity index (χ0) is 9.78. The van der Waals surface area contributed by atoms with E-state index in [9.17, 15) is 14.5 Å². The first-order valence-corrected chi connectivity index (χ1v) is 9.75. The second-order valence-electron chi connectivity index (χ2n) is 1.10. The van der Waals surface area contributed by atoms with Crippen LogP contribution in [-0.2, 0) is 26.4 Å². The van der Waals surface area contributed by atoms with Crippen molar-refractivity contribution in [3.63, 3.8) is 0 Å². The van der Waals surface area contributed by atoms with Crippen molar-refractivity contribution in [3.05, 3.63) is 0 Å². The summed E-state index contributed by atoms with van der Waals surface area (Å²) >= 11 is -8.73. The van der Waals surface area contributed by atoms with Crippen LogP contribution in [0.4, 0.5) is 0 Å². The van der Waals surface area contributed by atoms with E-state index in [0.717, 1.165) is 0 Å². The maximum absolute atomic E-state index is 10.2. The van der Waals surface area contributed by atoms with Crippen LogP contribution < -0.4 is 0 Å². The molecule has 0 saturated carbocycles. The van der Waals surface area contributed by atoms with Crippen molar-refractivity contribution in [2.24, 2.45) is 0 Å². The summed E-state index contributed by atoms with van der Waals surface area (Å²) in [5, 5.41) is 0. The molecule has 0 aromatic heterocycles. The van der Waals surface area contributed by atoms with Crippen molar-refractivity contribution in [2.45, 2.75) is 0 Å². The van der Waals surface area contributed by atoms with Crippen LogP contribution in [0.1, 0.15) is 0 Å². The molecular weight excluding hydrogens is 420 g/mol. The SMILES string of the molecule is [O]=[Sb]([OH])[O]OS(=O)(=O)[O][Sb](=[O])[OH]. The quantitative estimate of drug-likeness (QED) is 0.270. The van der Waals surface area contributed by atoms with E-state index in [-0.39, 0.29) is 0 Å². The molecule has 0 aliphatic heterocycles. The fourth-order valence-corrected chi connectivity index (χ4v) is 3.10. The van der Waals surface area contributed by atoms with E-state index in [0.29, 0.717) is 0 Å². The first-order chi connectivity index (χ1) is 5.33. The molecule has 9 nitrogen and oxygen atoms in total. The topological polar surface area (TPSA) is 136 Å². The molecule has 0 heterocycles. The molecule has 0 unspecified atom stereocenters. The van der Waals surface area contributed by atoms with Gasteiger partial charge in [0.2, 0.25) is 0 Å². The number of rotatable bonds is 5. The van der Waals surface area contributed by atoms with Gasteiger partial charge in [0.25, 0.3) is 0 Å². The van der Waals surface area contributed by atoms with Crippen molar-refractivity contribution >= 4 is 52.5 Å². The molecule has 72 valence electrons. The fourth-order valence-electron chi connectivity index (χ4n) is 0.154. The monoisotopic (exact) mass is 420 g/mol. The molecule has 0 aromatic rings. The summed E-state index contributed by atoms with van der Waals surface area (Å²) in [6.45, 7) is 0. The van der Waals surface area contributed by atoms with E-state index in [2.05, 4.69) is 9.96 Å². The normalized spacial score (nSPS) is 11.2. The second-order valence-corrected chi connectivity index (χ2v) is 6.62. The van der Waals surface area contributed by atoms with E-state index < -0.39 is 52.5 Å². The predicted molar refractivity (Wildman–Crippen MR) is 29.5 cm³/mol. The molecule has 0 aromatic carbocycles. The zero-order valence-corrected chi connectivity index (χ0v) is 11.0. The van der Waals surface area contributed by atoms with Crippen LogP contribution in [0.25, 0.3) is 0 Å². The van der Waals surface area contributed by atoms with Crippen LogP contribution in [-0.4, -0.2) is 57.3 Å². The average Bonchev–Trinajstić information content (AvgIpc) is 1.81. The van der Waals surface area contributed by atoms with Gasteiger partial charge in [-0.2, -0.15) is 0 Å². The molecule has 2 radical (unpaired) electrons. The molecule has 0 saturated heterocycles. The van der Waals surface area contributed by atoms with Crippen LogP contribution in [0.3, 0.4) is 0 Å². The summed E-state index contributed by atoms with van der Waals surface area (Å²) < 4.78 is 66.1. The molecule has 0 bridgehead atoms. The molecule has 12 heteroatoms. The predicted octanol–water partition coefficient (Wildman–Crippen LogP) is -2.99. The summed E-state index contributed by atoms with van der Waals surface area (Å²) in [5.41, 5.74) is 0. The van der Waals surface area contributed by atoms with Crippen LogP contribution in [0, 0.1) is 0 Å².